The first kappa shape index (κ1) is 34.0. The van der Waals surface area contributed by atoms with Crippen LogP contribution < -0.4 is 21.3 Å². The molecule has 2 aromatic rings. The minimum atomic E-state index is -1.23. The maximum atomic E-state index is 13.7. The van der Waals surface area contributed by atoms with Crippen molar-refractivity contribution >= 4 is 41.2 Å². The Bertz CT molecular complexity index is 1390. The lowest BCUT2D eigenvalue weighted by Crippen LogP contribution is -2.55. The molecule has 1 aliphatic heterocycles. The molecule has 4 amide bonds. The molecule has 242 valence electrons. The molecular formula is C34H43ClN4O6. The lowest BCUT2D eigenvalue weighted by Gasteiger charge is -2.35. The van der Waals surface area contributed by atoms with Crippen LogP contribution in [0.2, 0.25) is 5.02 Å². The van der Waals surface area contributed by atoms with Gasteiger partial charge in [-0.25, -0.2) is 4.79 Å². The molecule has 0 bridgehead atoms. The second-order valence-corrected chi connectivity index (χ2v) is 13.4. The van der Waals surface area contributed by atoms with Crippen LogP contribution in [-0.4, -0.2) is 54.3 Å². The van der Waals surface area contributed by atoms with E-state index in [2.05, 4.69) is 21.3 Å². The highest BCUT2D eigenvalue weighted by molar-refractivity contribution is 6.38. The van der Waals surface area contributed by atoms with Crippen LogP contribution in [0.5, 0.6) is 0 Å². The lowest BCUT2D eigenvalue weighted by molar-refractivity contribution is -0.141. The predicted molar refractivity (Wildman–Crippen MR) is 170 cm³/mol. The summed E-state index contributed by atoms with van der Waals surface area (Å²) in [7, 11) is 0. The predicted octanol–water partition coefficient (Wildman–Crippen LogP) is 4.36. The molecule has 0 spiro atoms. The van der Waals surface area contributed by atoms with E-state index in [1.165, 1.54) is 0 Å². The molecule has 0 aromatic heterocycles. The molecule has 45 heavy (non-hydrogen) atoms. The highest BCUT2D eigenvalue weighted by Gasteiger charge is 2.39. The van der Waals surface area contributed by atoms with Crippen LogP contribution in [-0.2, 0) is 29.3 Å². The van der Waals surface area contributed by atoms with E-state index in [1.54, 1.807) is 6.07 Å². The average Bonchev–Trinajstić information content (AvgIpc) is 3.73. The maximum Gasteiger partial charge on any atom is 0.408 e. The maximum absolute atomic E-state index is 13.7. The van der Waals surface area contributed by atoms with Gasteiger partial charge in [0.05, 0.1) is 6.04 Å². The Morgan fingerprint density at radius 3 is 2.29 bits per heavy atom. The second-order valence-electron chi connectivity index (χ2n) is 12.9. The molecule has 10 nitrogen and oxygen atoms in total. The molecule has 1 unspecified atom stereocenters. The van der Waals surface area contributed by atoms with Gasteiger partial charge in [-0.15, -0.1) is 0 Å². The van der Waals surface area contributed by atoms with Gasteiger partial charge >= 0.3 is 6.09 Å². The number of ether oxygens (including phenoxy) is 1. The molecule has 1 saturated carbocycles. The number of Topliss-reactive ketones (excluding diaryl/α,β-unsaturated/α-hetero) is 1. The van der Waals surface area contributed by atoms with Gasteiger partial charge in [0.1, 0.15) is 12.1 Å². The summed E-state index contributed by atoms with van der Waals surface area (Å²) in [6, 6.07) is 14.3. The molecular weight excluding hydrogens is 596 g/mol. The fourth-order valence-corrected chi connectivity index (χ4v) is 5.78. The van der Waals surface area contributed by atoms with E-state index in [0.717, 1.165) is 24.0 Å². The minimum Gasteiger partial charge on any atom is -0.440 e. The Hall–Kier alpha value is -3.92. The summed E-state index contributed by atoms with van der Waals surface area (Å²) in [4.78, 5) is 65.4. The Morgan fingerprint density at radius 1 is 0.978 bits per heavy atom. The molecule has 2 fully saturated rings. The summed E-state index contributed by atoms with van der Waals surface area (Å²) in [5, 5.41) is 11.3. The van der Waals surface area contributed by atoms with Crippen LogP contribution in [0.1, 0.15) is 77.0 Å². The van der Waals surface area contributed by atoms with Gasteiger partial charge in [-0.1, -0.05) is 81.8 Å². The van der Waals surface area contributed by atoms with E-state index in [9.17, 15) is 24.0 Å². The number of benzene rings is 2. The molecule has 4 N–H and O–H groups in total. The van der Waals surface area contributed by atoms with Gasteiger partial charge in [0.25, 0.3) is 5.91 Å². The summed E-state index contributed by atoms with van der Waals surface area (Å²) < 4.78 is 6.06. The summed E-state index contributed by atoms with van der Waals surface area (Å²) in [6.07, 6.45) is 0.742. The average molecular weight is 639 g/mol. The summed E-state index contributed by atoms with van der Waals surface area (Å²) in [5.74, 6) is -2.99. The molecule has 0 radical (unpaired) electrons. The fourth-order valence-electron chi connectivity index (χ4n) is 5.59. The van der Waals surface area contributed by atoms with Crippen LogP contribution in [0.25, 0.3) is 0 Å². The second kappa shape index (κ2) is 14.9. The molecule has 1 saturated heterocycles. The van der Waals surface area contributed by atoms with Gasteiger partial charge in [0.2, 0.25) is 17.6 Å². The zero-order valence-electron chi connectivity index (χ0n) is 26.2. The van der Waals surface area contributed by atoms with E-state index in [0.29, 0.717) is 18.0 Å². The summed E-state index contributed by atoms with van der Waals surface area (Å²) in [6.45, 7) is 8.16. The number of halogens is 1. The molecule has 11 heteroatoms. The molecule has 4 atom stereocenters. The third-order valence-electron chi connectivity index (χ3n) is 8.32. The smallest absolute Gasteiger partial charge is 0.408 e. The van der Waals surface area contributed by atoms with Crippen molar-refractivity contribution in [2.75, 3.05) is 6.54 Å². The number of rotatable bonds is 14. The van der Waals surface area contributed by atoms with E-state index in [-0.39, 0.29) is 30.7 Å². The van der Waals surface area contributed by atoms with Crippen molar-refractivity contribution in [1.29, 1.82) is 0 Å². The Labute approximate surface area is 269 Å². The van der Waals surface area contributed by atoms with Crippen molar-refractivity contribution in [1.82, 2.24) is 21.3 Å². The topological polar surface area (TPSA) is 143 Å². The largest absolute Gasteiger partial charge is 0.440 e. The number of hydrogen-bond donors (Lipinski definition) is 4. The zero-order chi connectivity index (χ0) is 32.7. The van der Waals surface area contributed by atoms with Gasteiger partial charge in [-0.3, -0.25) is 19.2 Å². The van der Waals surface area contributed by atoms with Crippen LogP contribution in [0.15, 0.2) is 54.6 Å². The summed E-state index contributed by atoms with van der Waals surface area (Å²) in [5.41, 5.74) is 0.896. The van der Waals surface area contributed by atoms with Crippen molar-refractivity contribution in [2.45, 2.75) is 89.4 Å². The Balaban J connectivity index is 1.53. The number of amides is 4. The van der Waals surface area contributed by atoms with E-state index in [1.807, 2.05) is 76.2 Å². The quantitative estimate of drug-likeness (QED) is 0.227. The van der Waals surface area contributed by atoms with Crippen molar-refractivity contribution in [3.63, 3.8) is 0 Å². The standard InChI is InChI=1S/C34H43ClN4O6/c1-20(2)17-27(31(42)38-26(18-22-15-16-36-30(22)41)28(40)32(43)37-25-13-14-25)39-33(44)45-29(21-9-6-5-7-10-21)34(3,4)23-11-8-12-24(35)19-23/h5-12,19-20,22,25-27,29H,13-18H2,1-4H3,(H,36,41)(H,37,43)(H,38,42)(H,39,44)/t22-,26-,27-,29?/m0/s1. The van der Waals surface area contributed by atoms with Gasteiger partial charge in [-0.05, 0) is 61.3 Å². The molecule has 4 rings (SSSR count). The fraction of sp³-hybridized carbons (Fsp3) is 0.500. The number of ketones is 1. The van der Waals surface area contributed by atoms with Gasteiger partial charge in [0, 0.05) is 28.9 Å². The van der Waals surface area contributed by atoms with Crippen LogP contribution in [0.4, 0.5) is 4.79 Å². The van der Waals surface area contributed by atoms with Crippen LogP contribution in [0.3, 0.4) is 0 Å². The Morgan fingerprint density at radius 2 is 1.69 bits per heavy atom. The van der Waals surface area contributed by atoms with E-state index < -0.39 is 53.2 Å². The normalized spacial score (nSPS) is 18.4. The van der Waals surface area contributed by atoms with Gasteiger partial charge in [0.15, 0.2) is 0 Å². The van der Waals surface area contributed by atoms with Crippen molar-refractivity contribution in [3.8, 4) is 0 Å². The highest BCUT2D eigenvalue weighted by atomic mass is 35.5. The summed E-state index contributed by atoms with van der Waals surface area (Å²) >= 11 is 6.30. The van der Waals surface area contributed by atoms with Gasteiger partial charge < -0.3 is 26.0 Å². The zero-order valence-corrected chi connectivity index (χ0v) is 27.0. The van der Waals surface area contributed by atoms with Crippen molar-refractivity contribution in [2.24, 2.45) is 11.8 Å². The molecule has 1 aliphatic carbocycles. The third kappa shape index (κ3) is 9.29. The first-order valence-corrected chi connectivity index (χ1v) is 15.9. The Kier molecular flexibility index (Phi) is 11.3. The first-order valence-electron chi connectivity index (χ1n) is 15.6. The third-order valence-corrected chi connectivity index (χ3v) is 8.55. The number of hydrogen-bond acceptors (Lipinski definition) is 6. The minimum absolute atomic E-state index is 0.0122. The van der Waals surface area contributed by atoms with Crippen LogP contribution in [0, 0.1) is 11.8 Å². The van der Waals surface area contributed by atoms with E-state index in [4.69, 9.17) is 16.3 Å². The van der Waals surface area contributed by atoms with Crippen molar-refractivity contribution in [3.05, 3.63) is 70.7 Å². The highest BCUT2D eigenvalue weighted by Crippen LogP contribution is 2.40. The molecule has 2 aliphatic rings. The van der Waals surface area contributed by atoms with Gasteiger partial charge in [-0.2, -0.15) is 0 Å². The molecule has 1 heterocycles. The number of alkyl carbamates (subject to hydrolysis) is 1. The van der Waals surface area contributed by atoms with Crippen LogP contribution >= 0.6 is 11.6 Å². The number of carbonyl (C=O) groups excluding carboxylic acids is 5. The number of carbonyl (C=O) groups is 5. The number of nitrogens with one attached hydrogen (secondary N) is 4. The SMILES string of the molecule is CC(C)C[C@H](NC(=O)OC(c1ccccc1)C(C)(C)c1cccc(Cl)c1)C(=O)N[C@@H](C[C@@H]1CCNC1=O)C(=O)C(=O)NC1CC1. The van der Waals surface area contributed by atoms with Crippen molar-refractivity contribution < 1.29 is 28.7 Å². The van der Waals surface area contributed by atoms with E-state index >= 15 is 0 Å². The lowest BCUT2D eigenvalue weighted by atomic mass is 9.76. The first-order chi connectivity index (χ1) is 21.3. The molecule has 2 aromatic carbocycles. The monoisotopic (exact) mass is 638 g/mol.